The summed E-state index contributed by atoms with van der Waals surface area (Å²) < 4.78 is 8.16. The van der Waals surface area contributed by atoms with Gasteiger partial charge >= 0.3 is 0 Å². The quantitative estimate of drug-likeness (QED) is 0.912. The lowest BCUT2D eigenvalue weighted by Gasteiger charge is -2.56. The van der Waals surface area contributed by atoms with E-state index in [-0.39, 0.29) is 23.5 Å². The minimum Gasteiger partial charge on any atom is -0.392 e. The molecule has 2 saturated carbocycles. The first-order chi connectivity index (χ1) is 12.0. The Kier molecular flexibility index (Phi) is 4.19. The molecule has 1 amide bonds. The van der Waals surface area contributed by atoms with Gasteiger partial charge in [0.05, 0.1) is 17.8 Å². The van der Waals surface area contributed by atoms with Crippen molar-refractivity contribution in [2.75, 3.05) is 19.7 Å². The molecule has 1 saturated heterocycles. The van der Waals surface area contributed by atoms with Gasteiger partial charge in [0.15, 0.2) is 0 Å². The molecule has 0 unspecified atom stereocenters. The largest absolute Gasteiger partial charge is 0.392 e. The van der Waals surface area contributed by atoms with Crippen LogP contribution in [0.4, 0.5) is 0 Å². The van der Waals surface area contributed by atoms with Crippen molar-refractivity contribution >= 4 is 5.91 Å². The number of carbonyl (C=O) groups excluding carboxylic acids is 1. The fourth-order valence-electron chi connectivity index (χ4n) is 5.00. The van der Waals surface area contributed by atoms with Gasteiger partial charge in [0.1, 0.15) is 0 Å². The average molecular weight is 346 g/mol. The summed E-state index contributed by atoms with van der Waals surface area (Å²) in [5.41, 5.74) is 3.04. The molecule has 4 rings (SSSR count). The van der Waals surface area contributed by atoms with E-state index in [4.69, 9.17) is 4.74 Å². The highest BCUT2D eigenvalue weighted by molar-refractivity contribution is 5.95. The lowest BCUT2D eigenvalue weighted by atomic mass is 9.58. The molecule has 5 heteroatoms. The fraction of sp³-hybridized carbons (Fsp3) is 0.750. The molecule has 2 atom stereocenters. The summed E-state index contributed by atoms with van der Waals surface area (Å²) in [5, 5.41) is 10.3. The summed E-state index contributed by atoms with van der Waals surface area (Å²) in [6.07, 6.45) is 4.76. The number of hydrogen-bond acceptors (Lipinski definition) is 3. The predicted molar refractivity (Wildman–Crippen MR) is 95.8 cm³/mol. The van der Waals surface area contributed by atoms with E-state index < -0.39 is 0 Å². The molecule has 1 aliphatic heterocycles. The van der Waals surface area contributed by atoms with Gasteiger partial charge in [0.25, 0.3) is 5.91 Å². The van der Waals surface area contributed by atoms with E-state index in [9.17, 15) is 9.90 Å². The molecule has 2 heterocycles. The molecule has 1 aromatic heterocycles. The number of aromatic nitrogens is 1. The maximum Gasteiger partial charge on any atom is 0.255 e. The Morgan fingerprint density at radius 2 is 2.00 bits per heavy atom. The Bertz CT molecular complexity index is 667. The lowest BCUT2D eigenvalue weighted by Crippen LogP contribution is -2.62. The molecule has 1 aromatic rings. The van der Waals surface area contributed by atoms with Crippen LogP contribution in [0.25, 0.3) is 0 Å². The molecule has 0 aromatic carbocycles. The summed E-state index contributed by atoms with van der Waals surface area (Å²) >= 11 is 0. The zero-order chi connectivity index (χ0) is 17.8. The van der Waals surface area contributed by atoms with Crippen molar-refractivity contribution in [2.45, 2.75) is 71.1 Å². The van der Waals surface area contributed by atoms with Crippen molar-refractivity contribution in [1.82, 2.24) is 9.47 Å². The molecule has 2 aliphatic carbocycles. The van der Waals surface area contributed by atoms with Gasteiger partial charge in [-0.1, -0.05) is 0 Å². The molecule has 0 bridgehead atoms. The first-order valence-electron chi connectivity index (χ1n) is 9.75. The average Bonchev–Trinajstić information content (AvgIpc) is 3.39. The Morgan fingerprint density at radius 1 is 1.32 bits per heavy atom. The van der Waals surface area contributed by atoms with Gasteiger partial charge in [-0.15, -0.1) is 0 Å². The second-order valence-corrected chi connectivity index (χ2v) is 8.11. The smallest absolute Gasteiger partial charge is 0.255 e. The van der Waals surface area contributed by atoms with Crippen LogP contribution < -0.4 is 0 Å². The van der Waals surface area contributed by atoms with Crippen molar-refractivity contribution in [2.24, 2.45) is 5.41 Å². The fourth-order valence-corrected chi connectivity index (χ4v) is 5.00. The molecule has 138 valence electrons. The topological polar surface area (TPSA) is 54.7 Å². The number of hydrogen-bond donors (Lipinski definition) is 1. The zero-order valence-corrected chi connectivity index (χ0v) is 15.6. The third kappa shape index (κ3) is 2.63. The number of aliphatic hydroxyl groups is 1. The number of rotatable bonds is 4. The standard InChI is InChI=1S/C20H30N2O3/c1-4-25-18-12-17(23)20(18)7-9-21(10-8-20)19(24)16-11-13(2)22(14(16)3)15-5-6-15/h11,15,17-18,23H,4-10,12H2,1-3H3/t17-,18+/m1/s1. The molecular formula is C20H30N2O3. The van der Waals surface area contributed by atoms with Crippen LogP contribution >= 0.6 is 0 Å². The van der Waals surface area contributed by atoms with Gasteiger partial charge in [-0.25, -0.2) is 0 Å². The van der Waals surface area contributed by atoms with E-state index in [0.29, 0.717) is 25.7 Å². The number of piperidine rings is 1. The van der Waals surface area contributed by atoms with Crippen LogP contribution in [0, 0.1) is 19.3 Å². The molecule has 1 N–H and O–H groups in total. The van der Waals surface area contributed by atoms with Crippen molar-refractivity contribution in [3.8, 4) is 0 Å². The van der Waals surface area contributed by atoms with Crippen LogP contribution in [0.15, 0.2) is 6.07 Å². The van der Waals surface area contributed by atoms with Crippen LogP contribution in [0.3, 0.4) is 0 Å². The number of ether oxygens (including phenoxy) is 1. The van der Waals surface area contributed by atoms with E-state index in [1.807, 2.05) is 11.8 Å². The number of likely N-dealkylation sites (tertiary alicyclic amines) is 1. The van der Waals surface area contributed by atoms with Crippen LogP contribution in [-0.4, -0.2) is 52.4 Å². The van der Waals surface area contributed by atoms with Crippen molar-refractivity contribution in [3.63, 3.8) is 0 Å². The van der Waals surface area contributed by atoms with Gasteiger partial charge in [0.2, 0.25) is 0 Å². The first kappa shape index (κ1) is 17.1. The second kappa shape index (κ2) is 6.13. The third-order valence-electron chi connectivity index (χ3n) is 6.72. The van der Waals surface area contributed by atoms with Gasteiger partial charge in [-0.2, -0.15) is 0 Å². The maximum atomic E-state index is 13.1. The van der Waals surface area contributed by atoms with Gasteiger partial charge in [-0.3, -0.25) is 4.79 Å². The normalized spacial score (nSPS) is 28.2. The Labute approximate surface area is 150 Å². The van der Waals surface area contributed by atoms with Crippen molar-refractivity contribution in [3.05, 3.63) is 23.0 Å². The number of aliphatic hydroxyl groups excluding tert-OH is 1. The molecule has 25 heavy (non-hydrogen) atoms. The van der Waals surface area contributed by atoms with Crippen molar-refractivity contribution in [1.29, 1.82) is 0 Å². The predicted octanol–water partition coefficient (Wildman–Crippen LogP) is 2.83. The van der Waals surface area contributed by atoms with Gasteiger partial charge in [-0.05, 0) is 52.5 Å². The highest BCUT2D eigenvalue weighted by Gasteiger charge is 2.56. The molecule has 0 radical (unpaired) electrons. The van der Waals surface area contributed by atoms with Crippen LogP contribution in [0.1, 0.15) is 66.8 Å². The minimum absolute atomic E-state index is 0.127. The molecule has 3 aliphatic rings. The Morgan fingerprint density at radius 3 is 2.56 bits per heavy atom. The monoisotopic (exact) mass is 346 g/mol. The molecular weight excluding hydrogens is 316 g/mol. The van der Waals surface area contributed by atoms with Crippen molar-refractivity contribution < 1.29 is 14.6 Å². The van der Waals surface area contributed by atoms with Gasteiger partial charge in [0, 0.05) is 49.0 Å². The SMILES string of the molecule is CCO[C@H]1C[C@@H](O)C12CCN(C(=O)c1cc(C)n(C3CC3)c1C)CC2. The first-order valence-corrected chi connectivity index (χ1v) is 9.75. The number of carbonyl (C=O) groups is 1. The maximum absolute atomic E-state index is 13.1. The van der Waals surface area contributed by atoms with E-state index in [0.717, 1.165) is 30.5 Å². The summed E-state index contributed by atoms with van der Waals surface area (Å²) in [6, 6.07) is 2.66. The highest BCUT2D eigenvalue weighted by Crippen LogP contribution is 2.51. The summed E-state index contributed by atoms with van der Waals surface area (Å²) in [7, 11) is 0. The lowest BCUT2D eigenvalue weighted by molar-refractivity contribution is -0.207. The minimum atomic E-state index is -0.277. The molecule has 3 fully saturated rings. The van der Waals surface area contributed by atoms with E-state index >= 15 is 0 Å². The number of amides is 1. The van der Waals surface area contributed by atoms with E-state index in [2.05, 4.69) is 24.5 Å². The Balaban J connectivity index is 1.46. The Hall–Kier alpha value is -1.33. The summed E-state index contributed by atoms with van der Waals surface area (Å²) in [6.45, 7) is 8.30. The van der Waals surface area contributed by atoms with Crippen LogP contribution in [0.2, 0.25) is 0 Å². The number of nitrogens with zero attached hydrogens (tertiary/aromatic N) is 2. The highest BCUT2D eigenvalue weighted by atomic mass is 16.5. The molecule has 1 spiro atoms. The van der Waals surface area contributed by atoms with Gasteiger partial charge < -0.3 is 19.3 Å². The summed E-state index contributed by atoms with van der Waals surface area (Å²) in [5.74, 6) is 0.150. The second-order valence-electron chi connectivity index (χ2n) is 8.11. The van der Waals surface area contributed by atoms with E-state index in [1.165, 1.54) is 18.5 Å². The zero-order valence-electron chi connectivity index (χ0n) is 15.6. The third-order valence-corrected chi connectivity index (χ3v) is 6.72. The van der Waals surface area contributed by atoms with Crippen LogP contribution in [-0.2, 0) is 4.74 Å². The molecule has 5 nitrogen and oxygen atoms in total. The van der Waals surface area contributed by atoms with Crippen LogP contribution in [0.5, 0.6) is 0 Å². The number of aryl methyl sites for hydroxylation is 1. The summed E-state index contributed by atoms with van der Waals surface area (Å²) in [4.78, 5) is 15.0. The van der Waals surface area contributed by atoms with E-state index in [1.54, 1.807) is 0 Å².